The van der Waals surface area contributed by atoms with Gasteiger partial charge in [0, 0.05) is 23.5 Å². The second-order valence-electron chi connectivity index (χ2n) is 6.40. The van der Waals surface area contributed by atoms with Gasteiger partial charge in [0.2, 0.25) is 0 Å². The first kappa shape index (κ1) is 15.1. The molecule has 0 saturated heterocycles. The number of carbonyl (C=O) groups is 1. The topological polar surface area (TPSA) is 34.0 Å². The molecule has 1 fully saturated rings. The molecule has 3 nitrogen and oxygen atoms in total. The Morgan fingerprint density at radius 3 is 2.55 bits per heavy atom. The van der Waals surface area contributed by atoms with Crippen molar-refractivity contribution >= 4 is 16.8 Å². The highest BCUT2D eigenvalue weighted by molar-refractivity contribution is 6.01. The maximum absolute atomic E-state index is 12.9. The number of hydrogen-bond acceptors (Lipinski definition) is 1. The normalized spacial score (nSPS) is 16.6. The Kier molecular flexibility index (Phi) is 4.51. The van der Waals surface area contributed by atoms with Crippen molar-refractivity contribution in [3.05, 3.63) is 35.5 Å². The van der Waals surface area contributed by atoms with Gasteiger partial charge in [0.05, 0.1) is 0 Å². The standard InChI is InChI=1S/C19H26N2O/c1-3-21-17-13-9-8-12-16(17)14(2)18(21)19(22)20-15-10-6-4-5-7-11-15/h8-9,12-13,15H,3-7,10-11H2,1-2H3,(H,20,22). The number of rotatable bonds is 3. The molecule has 1 aliphatic carbocycles. The zero-order valence-electron chi connectivity index (χ0n) is 13.7. The van der Waals surface area contributed by atoms with Gasteiger partial charge in [0.15, 0.2) is 0 Å². The van der Waals surface area contributed by atoms with E-state index in [0.29, 0.717) is 6.04 Å². The smallest absolute Gasteiger partial charge is 0.268 e. The molecule has 2 aromatic rings. The van der Waals surface area contributed by atoms with Crippen molar-refractivity contribution in [2.75, 3.05) is 0 Å². The molecule has 0 bridgehead atoms. The molecule has 3 heteroatoms. The fourth-order valence-corrected chi connectivity index (χ4v) is 3.78. The molecule has 3 rings (SSSR count). The average Bonchev–Trinajstić information content (AvgIpc) is 2.68. The Morgan fingerprint density at radius 2 is 1.86 bits per heavy atom. The van der Waals surface area contributed by atoms with Crippen LogP contribution in [0.15, 0.2) is 24.3 Å². The molecule has 1 aromatic heterocycles. The highest BCUT2D eigenvalue weighted by Crippen LogP contribution is 2.26. The highest BCUT2D eigenvalue weighted by atomic mass is 16.2. The maximum atomic E-state index is 12.9. The predicted octanol–water partition coefficient (Wildman–Crippen LogP) is 4.42. The Morgan fingerprint density at radius 1 is 1.18 bits per heavy atom. The third-order valence-corrected chi connectivity index (χ3v) is 4.95. The van der Waals surface area contributed by atoms with E-state index >= 15 is 0 Å². The van der Waals surface area contributed by atoms with Crippen LogP contribution in [0.1, 0.15) is 61.5 Å². The Balaban J connectivity index is 1.91. The third-order valence-electron chi connectivity index (χ3n) is 4.95. The van der Waals surface area contributed by atoms with Gasteiger partial charge >= 0.3 is 0 Å². The number of amides is 1. The molecule has 1 aliphatic rings. The van der Waals surface area contributed by atoms with Crippen LogP contribution in [0.2, 0.25) is 0 Å². The number of para-hydroxylation sites is 1. The monoisotopic (exact) mass is 298 g/mol. The van der Waals surface area contributed by atoms with Gasteiger partial charge in [-0.2, -0.15) is 0 Å². The molecule has 1 amide bonds. The molecule has 1 N–H and O–H groups in total. The first-order valence-electron chi connectivity index (χ1n) is 8.61. The lowest BCUT2D eigenvalue weighted by Crippen LogP contribution is -2.36. The number of benzene rings is 1. The van der Waals surface area contributed by atoms with E-state index in [1.165, 1.54) is 31.1 Å². The summed E-state index contributed by atoms with van der Waals surface area (Å²) < 4.78 is 2.15. The van der Waals surface area contributed by atoms with Crippen molar-refractivity contribution in [1.82, 2.24) is 9.88 Å². The lowest BCUT2D eigenvalue weighted by Gasteiger charge is -2.17. The largest absolute Gasteiger partial charge is 0.348 e. The van der Waals surface area contributed by atoms with Gasteiger partial charge in [-0.1, -0.05) is 43.9 Å². The lowest BCUT2D eigenvalue weighted by atomic mass is 10.1. The molecule has 1 aromatic carbocycles. The summed E-state index contributed by atoms with van der Waals surface area (Å²) in [6, 6.07) is 8.65. The first-order valence-corrected chi connectivity index (χ1v) is 8.61. The van der Waals surface area contributed by atoms with Crippen molar-refractivity contribution in [2.45, 2.75) is 65.0 Å². The molecule has 22 heavy (non-hydrogen) atoms. The summed E-state index contributed by atoms with van der Waals surface area (Å²) in [4.78, 5) is 12.9. The maximum Gasteiger partial charge on any atom is 0.268 e. The van der Waals surface area contributed by atoms with E-state index < -0.39 is 0 Å². The van der Waals surface area contributed by atoms with Crippen LogP contribution in [-0.2, 0) is 6.54 Å². The summed E-state index contributed by atoms with van der Waals surface area (Å²) >= 11 is 0. The molecule has 118 valence electrons. The molecule has 1 saturated carbocycles. The number of aromatic nitrogens is 1. The van der Waals surface area contributed by atoms with Gasteiger partial charge in [-0.25, -0.2) is 0 Å². The molecule has 1 heterocycles. The van der Waals surface area contributed by atoms with E-state index in [1.807, 2.05) is 12.1 Å². The summed E-state index contributed by atoms with van der Waals surface area (Å²) in [5, 5.41) is 4.48. The average molecular weight is 298 g/mol. The van der Waals surface area contributed by atoms with E-state index in [1.54, 1.807) is 0 Å². The molecule has 0 spiro atoms. The zero-order valence-corrected chi connectivity index (χ0v) is 13.7. The second kappa shape index (κ2) is 6.55. The molecular weight excluding hydrogens is 272 g/mol. The van der Waals surface area contributed by atoms with Crippen LogP contribution < -0.4 is 5.32 Å². The predicted molar refractivity (Wildman–Crippen MR) is 91.3 cm³/mol. The summed E-state index contributed by atoms with van der Waals surface area (Å²) in [5.41, 5.74) is 3.10. The Labute approximate surface area is 132 Å². The highest BCUT2D eigenvalue weighted by Gasteiger charge is 2.22. The van der Waals surface area contributed by atoms with Gasteiger partial charge in [-0.05, 0) is 38.3 Å². The van der Waals surface area contributed by atoms with E-state index in [2.05, 4.69) is 35.9 Å². The SMILES string of the molecule is CCn1c(C(=O)NC2CCCCCC2)c(C)c2ccccc21. The fraction of sp³-hybridized carbons (Fsp3) is 0.526. The fourth-order valence-electron chi connectivity index (χ4n) is 3.78. The van der Waals surface area contributed by atoms with Crippen LogP contribution in [-0.4, -0.2) is 16.5 Å². The van der Waals surface area contributed by atoms with Crippen LogP contribution in [0.3, 0.4) is 0 Å². The van der Waals surface area contributed by atoms with Gasteiger partial charge in [-0.3, -0.25) is 4.79 Å². The van der Waals surface area contributed by atoms with Crippen LogP contribution >= 0.6 is 0 Å². The number of carbonyl (C=O) groups excluding carboxylic acids is 1. The van der Waals surface area contributed by atoms with Crippen LogP contribution in [0.4, 0.5) is 0 Å². The summed E-state index contributed by atoms with van der Waals surface area (Å²) in [6.07, 6.45) is 7.33. The van der Waals surface area contributed by atoms with Gasteiger partial charge in [0.25, 0.3) is 5.91 Å². The van der Waals surface area contributed by atoms with E-state index in [9.17, 15) is 4.79 Å². The molecule has 0 atom stereocenters. The lowest BCUT2D eigenvalue weighted by molar-refractivity contribution is 0.0924. The number of nitrogens with zero attached hydrogens (tertiary/aromatic N) is 1. The van der Waals surface area contributed by atoms with Gasteiger partial charge < -0.3 is 9.88 Å². The van der Waals surface area contributed by atoms with E-state index in [4.69, 9.17) is 0 Å². The van der Waals surface area contributed by atoms with Gasteiger partial charge in [-0.15, -0.1) is 0 Å². The van der Waals surface area contributed by atoms with E-state index in [-0.39, 0.29) is 5.91 Å². The zero-order chi connectivity index (χ0) is 15.5. The van der Waals surface area contributed by atoms with Crippen molar-refractivity contribution in [3.8, 4) is 0 Å². The van der Waals surface area contributed by atoms with Crippen molar-refractivity contribution in [1.29, 1.82) is 0 Å². The third kappa shape index (κ3) is 2.77. The molecule has 0 aliphatic heterocycles. The number of nitrogens with one attached hydrogen (secondary N) is 1. The number of hydrogen-bond donors (Lipinski definition) is 1. The van der Waals surface area contributed by atoms with Crippen molar-refractivity contribution in [3.63, 3.8) is 0 Å². The number of aryl methyl sites for hydroxylation is 2. The Bertz CT molecular complexity index is 663. The summed E-state index contributed by atoms with van der Waals surface area (Å²) in [6.45, 7) is 4.99. The summed E-state index contributed by atoms with van der Waals surface area (Å²) in [5.74, 6) is 0.0995. The molecule has 0 unspecified atom stereocenters. The van der Waals surface area contributed by atoms with Crippen LogP contribution in [0, 0.1) is 6.92 Å². The number of fused-ring (bicyclic) bond motifs is 1. The van der Waals surface area contributed by atoms with Crippen LogP contribution in [0.5, 0.6) is 0 Å². The van der Waals surface area contributed by atoms with Crippen LogP contribution in [0.25, 0.3) is 10.9 Å². The van der Waals surface area contributed by atoms with Crippen molar-refractivity contribution in [2.24, 2.45) is 0 Å². The van der Waals surface area contributed by atoms with E-state index in [0.717, 1.165) is 36.2 Å². The summed E-state index contributed by atoms with van der Waals surface area (Å²) in [7, 11) is 0. The minimum absolute atomic E-state index is 0.0995. The molecule has 0 radical (unpaired) electrons. The minimum atomic E-state index is 0.0995. The van der Waals surface area contributed by atoms with Gasteiger partial charge in [0.1, 0.15) is 5.69 Å². The minimum Gasteiger partial charge on any atom is -0.348 e. The second-order valence-corrected chi connectivity index (χ2v) is 6.40. The molecular formula is C19H26N2O. The Hall–Kier alpha value is -1.77. The van der Waals surface area contributed by atoms with Crippen molar-refractivity contribution < 1.29 is 4.79 Å². The quantitative estimate of drug-likeness (QED) is 0.836. The first-order chi connectivity index (χ1) is 10.7.